The summed E-state index contributed by atoms with van der Waals surface area (Å²) in [6.45, 7) is -14.5. The van der Waals surface area contributed by atoms with Crippen molar-refractivity contribution < 1.29 is 31.8 Å². The van der Waals surface area contributed by atoms with Crippen LogP contribution in [0.25, 0.3) is 0 Å². The van der Waals surface area contributed by atoms with Gasteiger partial charge in [0.25, 0.3) is 0 Å². The van der Waals surface area contributed by atoms with Crippen molar-refractivity contribution in [2.45, 2.75) is 38.6 Å². The Morgan fingerprint density at radius 2 is 1.40 bits per heavy atom. The molecule has 84 valence electrons. The first-order chi connectivity index (χ1) is 11.6. The molecule has 0 aliphatic rings. The van der Waals surface area contributed by atoms with Crippen molar-refractivity contribution >= 4 is 0 Å². The standard InChI is InChI=1S/C12H18O3/c1-11(2,14)8-6-5-7-9(10(8)13)12(3,4)15/h5-7,13-15H,1-4H3/i1D3,2D3,3D3,4D3. The van der Waals surface area contributed by atoms with Crippen molar-refractivity contribution in [1.82, 2.24) is 0 Å². The topological polar surface area (TPSA) is 60.7 Å². The third-order valence-corrected chi connectivity index (χ3v) is 1.82. The Labute approximate surface area is 107 Å². The maximum atomic E-state index is 10.5. The quantitative estimate of drug-likeness (QED) is 0.715. The normalized spacial score (nSPS) is 28.1. The number of aliphatic hydroxyl groups is 2. The van der Waals surface area contributed by atoms with Gasteiger partial charge in [-0.2, -0.15) is 0 Å². The molecule has 0 unspecified atom stereocenters. The van der Waals surface area contributed by atoms with E-state index in [4.69, 9.17) is 16.4 Å². The Hall–Kier alpha value is -1.06. The second-order valence-electron chi connectivity index (χ2n) is 3.12. The molecule has 0 saturated carbocycles. The van der Waals surface area contributed by atoms with E-state index in [1.54, 1.807) is 0 Å². The van der Waals surface area contributed by atoms with Crippen molar-refractivity contribution in [3.63, 3.8) is 0 Å². The number of phenols is 1. The number of phenolic OH excluding ortho intramolecular Hbond substituents is 1. The van der Waals surface area contributed by atoms with Gasteiger partial charge in [0, 0.05) is 27.6 Å². The summed E-state index contributed by atoms with van der Waals surface area (Å²) in [5.41, 5.74) is -9.64. The van der Waals surface area contributed by atoms with Crippen molar-refractivity contribution in [3.05, 3.63) is 29.3 Å². The summed E-state index contributed by atoms with van der Waals surface area (Å²) >= 11 is 0. The summed E-state index contributed by atoms with van der Waals surface area (Å²) < 4.78 is 88.5. The zero-order chi connectivity index (χ0) is 21.9. The maximum Gasteiger partial charge on any atom is 0.127 e. The zero-order valence-electron chi connectivity index (χ0n) is 19.6. The molecule has 1 aromatic carbocycles. The lowest BCUT2D eigenvalue weighted by molar-refractivity contribution is 0.0665. The van der Waals surface area contributed by atoms with Crippen molar-refractivity contribution in [1.29, 1.82) is 0 Å². The Balaban J connectivity index is 3.98. The van der Waals surface area contributed by atoms with Crippen LogP contribution in [0.5, 0.6) is 5.75 Å². The molecule has 0 bridgehead atoms. The van der Waals surface area contributed by atoms with Gasteiger partial charge in [-0.3, -0.25) is 0 Å². The van der Waals surface area contributed by atoms with Crippen LogP contribution in [-0.4, -0.2) is 15.3 Å². The molecule has 15 heavy (non-hydrogen) atoms. The van der Waals surface area contributed by atoms with E-state index in [9.17, 15) is 15.3 Å². The molecule has 0 saturated heterocycles. The van der Waals surface area contributed by atoms with Gasteiger partial charge in [-0.05, 0) is 27.4 Å². The Bertz CT molecular complexity index is 613. The highest BCUT2D eigenvalue weighted by atomic mass is 16.3. The predicted octanol–water partition coefficient (Wildman–Crippen LogP) is 1.85. The smallest absolute Gasteiger partial charge is 0.127 e. The third kappa shape index (κ3) is 2.49. The molecule has 0 spiro atoms. The third-order valence-electron chi connectivity index (χ3n) is 1.82. The van der Waals surface area contributed by atoms with Gasteiger partial charge >= 0.3 is 0 Å². The van der Waals surface area contributed by atoms with Crippen LogP contribution < -0.4 is 0 Å². The molecular weight excluding hydrogens is 192 g/mol. The molecular formula is C12H18O3. The fourth-order valence-electron chi connectivity index (χ4n) is 1.13. The molecule has 1 rings (SSSR count). The first-order valence-corrected chi connectivity index (χ1v) is 3.91. The number of benzene rings is 1. The van der Waals surface area contributed by atoms with E-state index < -0.39 is 55.5 Å². The number of para-hydroxylation sites is 1. The predicted molar refractivity (Wildman–Crippen MR) is 58.6 cm³/mol. The molecule has 0 aliphatic carbocycles. The molecule has 3 N–H and O–H groups in total. The molecule has 0 radical (unpaired) electrons. The van der Waals surface area contributed by atoms with Crippen molar-refractivity contribution in [3.8, 4) is 5.75 Å². The van der Waals surface area contributed by atoms with Crippen LogP contribution in [0.1, 0.15) is 55.0 Å². The van der Waals surface area contributed by atoms with Gasteiger partial charge in [-0.15, -0.1) is 0 Å². The molecule has 0 heterocycles. The van der Waals surface area contributed by atoms with Crippen LogP contribution in [0.2, 0.25) is 0 Å². The van der Waals surface area contributed by atoms with E-state index in [0.29, 0.717) is 12.1 Å². The summed E-state index contributed by atoms with van der Waals surface area (Å²) in [6, 6.07) is 2.21. The molecule has 0 atom stereocenters. The highest BCUT2D eigenvalue weighted by Gasteiger charge is 2.27. The number of rotatable bonds is 2. The van der Waals surface area contributed by atoms with Crippen molar-refractivity contribution in [2.24, 2.45) is 0 Å². The largest absolute Gasteiger partial charge is 0.507 e. The minimum absolute atomic E-state index is 0.691. The maximum absolute atomic E-state index is 10.5. The van der Waals surface area contributed by atoms with Crippen LogP contribution >= 0.6 is 0 Å². The van der Waals surface area contributed by atoms with Crippen LogP contribution in [0, 0.1) is 0 Å². The fourth-order valence-corrected chi connectivity index (χ4v) is 1.13. The number of hydrogen-bond donors (Lipinski definition) is 3. The van der Waals surface area contributed by atoms with E-state index in [1.165, 1.54) is 0 Å². The molecule has 3 heteroatoms. The van der Waals surface area contributed by atoms with Crippen molar-refractivity contribution in [2.75, 3.05) is 0 Å². The van der Waals surface area contributed by atoms with Gasteiger partial charge in [0.05, 0.1) is 11.2 Å². The van der Waals surface area contributed by atoms with E-state index >= 15 is 0 Å². The van der Waals surface area contributed by atoms with E-state index in [0.717, 1.165) is 6.07 Å². The molecule has 1 aromatic rings. The highest BCUT2D eigenvalue weighted by Crippen LogP contribution is 2.36. The van der Waals surface area contributed by atoms with Gasteiger partial charge < -0.3 is 15.3 Å². The summed E-state index contributed by atoms with van der Waals surface area (Å²) in [4.78, 5) is 0. The summed E-state index contributed by atoms with van der Waals surface area (Å²) in [5, 5.41) is 31.4. The van der Waals surface area contributed by atoms with Gasteiger partial charge in [0.1, 0.15) is 5.75 Å². The summed E-state index contributed by atoms with van der Waals surface area (Å²) in [5.74, 6) is -1.46. The van der Waals surface area contributed by atoms with Gasteiger partial charge in [0.15, 0.2) is 0 Å². The Morgan fingerprint density at radius 1 is 1.00 bits per heavy atom. The number of hydrogen-bond acceptors (Lipinski definition) is 3. The van der Waals surface area contributed by atoms with Gasteiger partial charge in [0.2, 0.25) is 0 Å². The molecule has 0 aromatic heterocycles. The number of aromatic hydroxyl groups is 1. The molecule has 0 amide bonds. The fraction of sp³-hybridized carbons (Fsp3) is 0.500. The Morgan fingerprint density at radius 3 is 1.73 bits per heavy atom. The van der Waals surface area contributed by atoms with E-state index in [2.05, 4.69) is 0 Å². The molecule has 0 aliphatic heterocycles. The highest BCUT2D eigenvalue weighted by molar-refractivity contribution is 5.45. The Kier molecular flexibility index (Phi) is 0.811. The second kappa shape index (κ2) is 3.51. The zero-order valence-corrected chi connectivity index (χ0v) is 7.57. The van der Waals surface area contributed by atoms with Crippen LogP contribution in [0.4, 0.5) is 0 Å². The summed E-state index contributed by atoms with van der Waals surface area (Å²) in [7, 11) is 0. The SMILES string of the molecule is [2H]C([2H])([2H])C(O)(c1cccc(C(O)(C([2H])([2H])[2H])C([2H])([2H])[2H])c1O)C([2H])([2H])[2H]. The van der Waals surface area contributed by atoms with E-state index in [-0.39, 0.29) is 0 Å². The average molecular weight is 222 g/mol. The lowest BCUT2D eigenvalue weighted by Crippen LogP contribution is -2.20. The minimum Gasteiger partial charge on any atom is -0.507 e. The second-order valence-corrected chi connectivity index (χ2v) is 3.12. The van der Waals surface area contributed by atoms with Gasteiger partial charge in [-0.1, -0.05) is 18.2 Å². The first-order valence-electron chi connectivity index (χ1n) is 9.91. The summed E-state index contributed by atoms with van der Waals surface area (Å²) in [6.07, 6.45) is 0. The molecule has 3 nitrogen and oxygen atoms in total. The first kappa shape index (κ1) is 3.47. The lowest BCUT2D eigenvalue weighted by Gasteiger charge is -2.25. The van der Waals surface area contributed by atoms with Crippen LogP contribution in [-0.2, 0) is 11.2 Å². The average Bonchev–Trinajstić information content (AvgIpc) is 2.41. The van der Waals surface area contributed by atoms with Crippen LogP contribution in [0.3, 0.4) is 0 Å². The molecule has 0 fully saturated rings. The van der Waals surface area contributed by atoms with E-state index in [1.807, 2.05) is 0 Å². The van der Waals surface area contributed by atoms with Gasteiger partial charge in [-0.25, -0.2) is 0 Å². The minimum atomic E-state index is -3.66. The lowest BCUT2D eigenvalue weighted by atomic mass is 9.89. The monoisotopic (exact) mass is 222 g/mol. The van der Waals surface area contributed by atoms with Crippen LogP contribution in [0.15, 0.2) is 18.2 Å².